The fourth-order valence-electron chi connectivity index (χ4n) is 1.96. The van der Waals surface area contributed by atoms with Crippen molar-refractivity contribution < 1.29 is 8.78 Å². The summed E-state index contributed by atoms with van der Waals surface area (Å²) in [6, 6.07) is 6.01. The third-order valence-electron chi connectivity index (χ3n) is 2.82. The maximum absolute atomic E-state index is 14.2. The summed E-state index contributed by atoms with van der Waals surface area (Å²) < 4.78 is 28.4. The van der Waals surface area contributed by atoms with Gasteiger partial charge in [-0.1, -0.05) is 19.1 Å². The minimum Gasteiger partial charge on any atom is -0.306 e. The molecule has 1 heterocycles. The van der Waals surface area contributed by atoms with Crippen molar-refractivity contribution in [3.63, 3.8) is 0 Å². The Balaban J connectivity index is 2.52. The van der Waals surface area contributed by atoms with Crippen LogP contribution in [0.4, 0.5) is 8.78 Å². The molecule has 0 saturated heterocycles. The van der Waals surface area contributed by atoms with Crippen LogP contribution in [-0.2, 0) is 0 Å². The number of nitrogens with zero attached hydrogens (tertiary/aromatic N) is 1. The van der Waals surface area contributed by atoms with Crippen molar-refractivity contribution in [2.24, 2.45) is 0 Å². The van der Waals surface area contributed by atoms with E-state index in [0.29, 0.717) is 22.1 Å². The first-order chi connectivity index (χ1) is 9.15. The molecule has 1 atom stereocenters. The number of aromatic nitrogens is 1. The van der Waals surface area contributed by atoms with Crippen LogP contribution in [-0.4, -0.2) is 11.5 Å². The van der Waals surface area contributed by atoms with Gasteiger partial charge in [0.25, 0.3) is 0 Å². The van der Waals surface area contributed by atoms with Crippen LogP contribution < -0.4 is 5.32 Å². The molecule has 2 rings (SSSR count). The van der Waals surface area contributed by atoms with Gasteiger partial charge >= 0.3 is 0 Å². The maximum Gasteiger partial charge on any atom is 0.146 e. The van der Waals surface area contributed by atoms with Crippen LogP contribution >= 0.6 is 15.9 Å². The average molecular weight is 327 g/mol. The van der Waals surface area contributed by atoms with Gasteiger partial charge in [0.2, 0.25) is 0 Å². The second-order valence-electron chi connectivity index (χ2n) is 4.03. The summed E-state index contributed by atoms with van der Waals surface area (Å²) >= 11 is 3.15. The second kappa shape index (κ2) is 6.21. The van der Waals surface area contributed by atoms with Crippen LogP contribution in [0.5, 0.6) is 0 Å². The smallest absolute Gasteiger partial charge is 0.146 e. The molecule has 0 radical (unpaired) electrons. The van der Waals surface area contributed by atoms with E-state index in [-0.39, 0.29) is 5.82 Å². The molecule has 0 bridgehead atoms. The Morgan fingerprint density at radius 3 is 2.74 bits per heavy atom. The summed E-state index contributed by atoms with van der Waals surface area (Å²) in [6.45, 7) is 2.49. The molecule has 5 heteroatoms. The summed E-state index contributed by atoms with van der Waals surface area (Å²) in [4.78, 5) is 3.72. The van der Waals surface area contributed by atoms with Gasteiger partial charge < -0.3 is 5.32 Å². The summed E-state index contributed by atoms with van der Waals surface area (Å²) in [7, 11) is 0. The van der Waals surface area contributed by atoms with Crippen molar-refractivity contribution >= 4 is 15.9 Å². The SMILES string of the molecule is CCNC(c1ccncc1F)c1cccc(Br)c1F. The molecular weight excluding hydrogens is 314 g/mol. The van der Waals surface area contributed by atoms with E-state index in [1.54, 1.807) is 24.3 Å². The highest BCUT2D eigenvalue weighted by atomic mass is 79.9. The number of halogens is 3. The van der Waals surface area contributed by atoms with Gasteiger partial charge in [0.1, 0.15) is 11.6 Å². The zero-order chi connectivity index (χ0) is 13.8. The highest BCUT2D eigenvalue weighted by molar-refractivity contribution is 9.10. The van der Waals surface area contributed by atoms with E-state index in [0.717, 1.165) is 6.20 Å². The minimum atomic E-state index is -0.537. The first kappa shape index (κ1) is 14.1. The van der Waals surface area contributed by atoms with Crippen LogP contribution in [0.3, 0.4) is 0 Å². The lowest BCUT2D eigenvalue weighted by Gasteiger charge is -2.20. The number of pyridine rings is 1. The van der Waals surface area contributed by atoms with E-state index in [2.05, 4.69) is 26.2 Å². The van der Waals surface area contributed by atoms with E-state index in [1.165, 1.54) is 6.20 Å². The molecule has 0 saturated carbocycles. The fraction of sp³-hybridized carbons (Fsp3) is 0.214. The summed E-state index contributed by atoms with van der Waals surface area (Å²) in [5, 5.41) is 3.10. The van der Waals surface area contributed by atoms with Crippen molar-refractivity contribution in [3.05, 3.63) is 63.9 Å². The standard InChI is InChI=1S/C14H13BrF2N2/c1-2-19-14(9-6-7-18-8-12(9)16)10-4-3-5-11(15)13(10)17/h3-8,14,19H,2H2,1H3. The fourth-order valence-corrected chi connectivity index (χ4v) is 2.34. The van der Waals surface area contributed by atoms with Crippen LogP contribution in [0.25, 0.3) is 0 Å². The van der Waals surface area contributed by atoms with E-state index in [9.17, 15) is 8.78 Å². The largest absolute Gasteiger partial charge is 0.306 e. The number of benzene rings is 1. The third kappa shape index (κ3) is 2.98. The molecular formula is C14H13BrF2N2. The van der Waals surface area contributed by atoms with Crippen LogP contribution in [0.2, 0.25) is 0 Å². The Kier molecular flexibility index (Phi) is 4.61. The molecule has 0 aliphatic carbocycles. The molecule has 0 aliphatic rings. The highest BCUT2D eigenvalue weighted by Crippen LogP contribution is 2.29. The van der Waals surface area contributed by atoms with Crippen molar-refractivity contribution in [1.82, 2.24) is 10.3 Å². The van der Waals surface area contributed by atoms with Gasteiger partial charge in [0, 0.05) is 17.3 Å². The molecule has 0 amide bonds. The summed E-state index contributed by atoms with van der Waals surface area (Å²) in [6.07, 6.45) is 2.63. The molecule has 0 fully saturated rings. The molecule has 2 nitrogen and oxygen atoms in total. The zero-order valence-electron chi connectivity index (χ0n) is 10.3. The molecule has 19 heavy (non-hydrogen) atoms. The van der Waals surface area contributed by atoms with Crippen molar-refractivity contribution in [1.29, 1.82) is 0 Å². The van der Waals surface area contributed by atoms with E-state index >= 15 is 0 Å². The Morgan fingerprint density at radius 1 is 1.26 bits per heavy atom. The van der Waals surface area contributed by atoms with E-state index in [1.807, 2.05) is 6.92 Å². The van der Waals surface area contributed by atoms with Crippen LogP contribution in [0.1, 0.15) is 24.1 Å². The molecule has 0 spiro atoms. The molecule has 2 aromatic rings. The van der Waals surface area contributed by atoms with Crippen molar-refractivity contribution in [3.8, 4) is 0 Å². The summed E-state index contributed by atoms with van der Waals surface area (Å²) in [5.41, 5.74) is 0.787. The van der Waals surface area contributed by atoms with E-state index < -0.39 is 11.9 Å². The molecule has 0 aliphatic heterocycles. The molecule has 1 aromatic carbocycles. The van der Waals surface area contributed by atoms with Crippen molar-refractivity contribution in [2.45, 2.75) is 13.0 Å². The number of nitrogens with one attached hydrogen (secondary N) is 1. The van der Waals surface area contributed by atoms with Gasteiger partial charge in [-0.25, -0.2) is 8.78 Å². The Hall–Kier alpha value is -1.33. The number of hydrogen-bond acceptors (Lipinski definition) is 2. The summed E-state index contributed by atoms with van der Waals surface area (Å²) in [5.74, 6) is -0.836. The monoisotopic (exact) mass is 326 g/mol. The Labute approximate surface area is 119 Å². The second-order valence-corrected chi connectivity index (χ2v) is 4.89. The van der Waals surface area contributed by atoms with Crippen LogP contribution in [0, 0.1) is 11.6 Å². The number of rotatable bonds is 4. The zero-order valence-corrected chi connectivity index (χ0v) is 11.9. The molecule has 1 unspecified atom stereocenters. The van der Waals surface area contributed by atoms with E-state index in [4.69, 9.17) is 0 Å². The van der Waals surface area contributed by atoms with Crippen LogP contribution in [0.15, 0.2) is 41.1 Å². The number of hydrogen-bond donors (Lipinski definition) is 1. The molecule has 1 aromatic heterocycles. The lowest BCUT2D eigenvalue weighted by molar-refractivity contribution is 0.526. The van der Waals surface area contributed by atoms with Gasteiger partial charge in [-0.2, -0.15) is 0 Å². The lowest BCUT2D eigenvalue weighted by atomic mass is 9.98. The predicted molar refractivity (Wildman–Crippen MR) is 73.8 cm³/mol. The lowest BCUT2D eigenvalue weighted by Crippen LogP contribution is -2.24. The first-order valence-electron chi connectivity index (χ1n) is 5.91. The quantitative estimate of drug-likeness (QED) is 0.923. The first-order valence-corrected chi connectivity index (χ1v) is 6.71. The van der Waals surface area contributed by atoms with Gasteiger partial charge in [0.05, 0.1) is 16.7 Å². The molecule has 100 valence electrons. The average Bonchev–Trinajstić information content (AvgIpc) is 2.41. The third-order valence-corrected chi connectivity index (χ3v) is 3.43. The predicted octanol–water partition coefficient (Wildman–Crippen LogP) is 3.82. The highest BCUT2D eigenvalue weighted by Gasteiger charge is 2.21. The Bertz CT molecular complexity index is 575. The van der Waals surface area contributed by atoms with Gasteiger partial charge in [-0.3, -0.25) is 4.98 Å². The van der Waals surface area contributed by atoms with Gasteiger partial charge in [0.15, 0.2) is 0 Å². The van der Waals surface area contributed by atoms with Gasteiger partial charge in [-0.15, -0.1) is 0 Å². The minimum absolute atomic E-state index is 0.363. The van der Waals surface area contributed by atoms with Gasteiger partial charge in [-0.05, 0) is 34.6 Å². The van der Waals surface area contributed by atoms with Crippen molar-refractivity contribution in [2.75, 3.05) is 6.54 Å². The topological polar surface area (TPSA) is 24.9 Å². The normalized spacial score (nSPS) is 12.4. The Morgan fingerprint density at radius 2 is 2.05 bits per heavy atom. The molecule has 1 N–H and O–H groups in total. The maximum atomic E-state index is 14.2.